The summed E-state index contributed by atoms with van der Waals surface area (Å²) in [6, 6.07) is 2.04. The Kier molecular flexibility index (Phi) is 4.83. The zero-order valence-corrected chi connectivity index (χ0v) is 11.8. The maximum Gasteiger partial charge on any atom is 0.251 e. The third-order valence-electron chi connectivity index (χ3n) is 3.59. The molecule has 0 radical (unpaired) electrons. The SMILES string of the molecule is CNC(CSc1nc(C)cc(=O)[nH]1)C1CCCC1. The second-order valence-corrected chi connectivity index (χ2v) is 5.95. The minimum atomic E-state index is -0.0631. The fourth-order valence-electron chi connectivity index (χ4n) is 2.60. The molecule has 0 bridgehead atoms. The topological polar surface area (TPSA) is 57.8 Å². The van der Waals surface area contributed by atoms with Crippen LogP contribution in [0.25, 0.3) is 0 Å². The van der Waals surface area contributed by atoms with Gasteiger partial charge in [-0.3, -0.25) is 4.79 Å². The lowest BCUT2D eigenvalue weighted by atomic mass is 10.0. The van der Waals surface area contributed by atoms with E-state index >= 15 is 0 Å². The zero-order chi connectivity index (χ0) is 13.0. The average molecular weight is 267 g/mol. The molecule has 2 rings (SSSR count). The molecule has 5 heteroatoms. The number of aromatic amines is 1. The second-order valence-electron chi connectivity index (χ2n) is 4.94. The average Bonchev–Trinajstić information content (AvgIpc) is 2.82. The molecule has 0 aromatic carbocycles. The van der Waals surface area contributed by atoms with Gasteiger partial charge in [-0.2, -0.15) is 0 Å². The lowest BCUT2D eigenvalue weighted by Crippen LogP contribution is -2.34. The molecule has 1 aliphatic rings. The molecule has 1 atom stereocenters. The molecule has 2 N–H and O–H groups in total. The van der Waals surface area contributed by atoms with Crippen molar-refractivity contribution >= 4 is 11.8 Å². The first-order chi connectivity index (χ1) is 8.69. The summed E-state index contributed by atoms with van der Waals surface area (Å²) in [5, 5.41) is 4.14. The number of nitrogens with zero attached hydrogens (tertiary/aromatic N) is 1. The maximum atomic E-state index is 11.4. The summed E-state index contributed by atoms with van der Waals surface area (Å²) in [4.78, 5) is 18.5. The molecule has 0 spiro atoms. The van der Waals surface area contributed by atoms with Crippen molar-refractivity contribution in [3.8, 4) is 0 Å². The third-order valence-corrected chi connectivity index (χ3v) is 4.58. The Morgan fingerprint density at radius 2 is 2.28 bits per heavy atom. The van der Waals surface area contributed by atoms with Gasteiger partial charge in [-0.15, -0.1) is 0 Å². The first-order valence-corrected chi connectivity index (χ1v) is 7.55. The fraction of sp³-hybridized carbons (Fsp3) is 0.692. The van der Waals surface area contributed by atoms with E-state index < -0.39 is 0 Å². The first kappa shape index (κ1) is 13.6. The summed E-state index contributed by atoms with van der Waals surface area (Å²) in [5.41, 5.74) is 0.718. The minimum absolute atomic E-state index is 0.0631. The molecule has 1 aromatic heterocycles. The van der Waals surface area contributed by atoms with Gasteiger partial charge >= 0.3 is 0 Å². The predicted octanol–water partition coefficient (Wildman–Crippen LogP) is 1.95. The van der Waals surface area contributed by atoms with E-state index in [4.69, 9.17) is 0 Å². The molecule has 1 aromatic rings. The molecule has 18 heavy (non-hydrogen) atoms. The molecule has 1 unspecified atom stereocenters. The third kappa shape index (κ3) is 3.59. The number of aromatic nitrogens is 2. The van der Waals surface area contributed by atoms with Gasteiger partial charge in [-0.1, -0.05) is 24.6 Å². The van der Waals surface area contributed by atoms with Crippen molar-refractivity contribution in [2.45, 2.75) is 43.8 Å². The number of hydrogen-bond acceptors (Lipinski definition) is 4. The molecule has 1 fully saturated rings. The summed E-state index contributed by atoms with van der Waals surface area (Å²) in [6.07, 6.45) is 5.35. The predicted molar refractivity (Wildman–Crippen MR) is 75.1 cm³/mol. The van der Waals surface area contributed by atoms with Crippen molar-refractivity contribution in [3.63, 3.8) is 0 Å². The maximum absolute atomic E-state index is 11.4. The fourth-order valence-corrected chi connectivity index (χ4v) is 3.76. The number of aryl methyl sites for hydroxylation is 1. The Morgan fingerprint density at radius 3 is 2.89 bits per heavy atom. The summed E-state index contributed by atoms with van der Waals surface area (Å²) in [6.45, 7) is 1.85. The van der Waals surface area contributed by atoms with Crippen LogP contribution in [0.1, 0.15) is 31.4 Å². The van der Waals surface area contributed by atoms with Crippen LogP contribution in [0.3, 0.4) is 0 Å². The van der Waals surface area contributed by atoms with E-state index in [1.165, 1.54) is 31.7 Å². The molecule has 0 aliphatic heterocycles. The number of nitrogens with one attached hydrogen (secondary N) is 2. The highest BCUT2D eigenvalue weighted by Gasteiger charge is 2.23. The van der Waals surface area contributed by atoms with Crippen molar-refractivity contribution in [1.82, 2.24) is 15.3 Å². The van der Waals surface area contributed by atoms with Gasteiger partial charge in [0.25, 0.3) is 5.56 Å². The summed E-state index contributed by atoms with van der Waals surface area (Å²) >= 11 is 1.64. The van der Waals surface area contributed by atoms with Crippen LogP contribution >= 0.6 is 11.8 Å². The molecule has 0 saturated heterocycles. The van der Waals surface area contributed by atoms with Crippen LogP contribution in [0.15, 0.2) is 16.0 Å². The van der Waals surface area contributed by atoms with Crippen LogP contribution in [0.4, 0.5) is 0 Å². The lowest BCUT2D eigenvalue weighted by molar-refractivity contribution is 0.410. The quantitative estimate of drug-likeness (QED) is 0.632. The summed E-state index contributed by atoms with van der Waals surface area (Å²) in [5.74, 6) is 1.74. The van der Waals surface area contributed by atoms with Gasteiger partial charge in [0.05, 0.1) is 0 Å². The number of thioether (sulfide) groups is 1. The molecule has 4 nitrogen and oxygen atoms in total. The van der Waals surface area contributed by atoms with Gasteiger partial charge < -0.3 is 10.3 Å². The van der Waals surface area contributed by atoms with Crippen LogP contribution in [-0.4, -0.2) is 28.8 Å². The monoisotopic (exact) mass is 267 g/mol. The lowest BCUT2D eigenvalue weighted by Gasteiger charge is -2.22. The largest absolute Gasteiger partial charge is 0.316 e. The molecule has 1 saturated carbocycles. The van der Waals surface area contributed by atoms with E-state index in [2.05, 4.69) is 15.3 Å². The van der Waals surface area contributed by atoms with E-state index in [1.54, 1.807) is 11.8 Å². The number of hydrogen-bond donors (Lipinski definition) is 2. The highest BCUT2D eigenvalue weighted by molar-refractivity contribution is 7.99. The Bertz CT molecular complexity index is 440. The normalized spacial score (nSPS) is 18.1. The first-order valence-electron chi connectivity index (χ1n) is 6.57. The molecule has 1 aliphatic carbocycles. The highest BCUT2D eigenvalue weighted by atomic mass is 32.2. The molecular weight excluding hydrogens is 246 g/mol. The van der Waals surface area contributed by atoms with Gasteiger partial charge in [0, 0.05) is 23.6 Å². The van der Waals surface area contributed by atoms with Gasteiger partial charge in [0.15, 0.2) is 5.16 Å². The minimum Gasteiger partial charge on any atom is -0.316 e. The zero-order valence-electron chi connectivity index (χ0n) is 11.0. The van der Waals surface area contributed by atoms with Crippen molar-refractivity contribution in [1.29, 1.82) is 0 Å². The van der Waals surface area contributed by atoms with Gasteiger partial charge in [-0.25, -0.2) is 4.98 Å². The van der Waals surface area contributed by atoms with Crippen LogP contribution in [-0.2, 0) is 0 Å². The van der Waals surface area contributed by atoms with Crippen LogP contribution < -0.4 is 10.9 Å². The van der Waals surface area contributed by atoms with Crippen LogP contribution in [0.2, 0.25) is 0 Å². The number of H-pyrrole nitrogens is 1. The van der Waals surface area contributed by atoms with Crippen molar-refractivity contribution < 1.29 is 0 Å². The molecular formula is C13H21N3OS. The standard InChI is InChI=1S/C13H21N3OS/c1-9-7-12(17)16-13(15-9)18-8-11(14-2)10-5-3-4-6-10/h7,10-11,14H,3-6,8H2,1-2H3,(H,15,16,17). The van der Waals surface area contributed by atoms with Crippen LogP contribution in [0.5, 0.6) is 0 Å². The summed E-state index contributed by atoms with van der Waals surface area (Å²) in [7, 11) is 2.02. The van der Waals surface area contributed by atoms with E-state index in [0.717, 1.165) is 22.5 Å². The van der Waals surface area contributed by atoms with E-state index in [-0.39, 0.29) is 5.56 Å². The number of rotatable bonds is 5. The van der Waals surface area contributed by atoms with E-state index in [1.807, 2.05) is 14.0 Å². The van der Waals surface area contributed by atoms with Crippen molar-refractivity contribution in [3.05, 3.63) is 22.1 Å². The Labute approximate surface area is 112 Å². The molecule has 1 heterocycles. The van der Waals surface area contributed by atoms with Crippen molar-refractivity contribution in [2.75, 3.05) is 12.8 Å². The van der Waals surface area contributed by atoms with Gasteiger partial charge in [0.2, 0.25) is 0 Å². The van der Waals surface area contributed by atoms with Gasteiger partial charge in [0.1, 0.15) is 0 Å². The Hall–Kier alpha value is -0.810. The van der Waals surface area contributed by atoms with E-state index in [0.29, 0.717) is 6.04 Å². The molecule has 100 valence electrons. The van der Waals surface area contributed by atoms with Crippen molar-refractivity contribution in [2.24, 2.45) is 5.92 Å². The van der Waals surface area contributed by atoms with Crippen LogP contribution in [0, 0.1) is 12.8 Å². The van der Waals surface area contributed by atoms with E-state index in [9.17, 15) is 4.79 Å². The van der Waals surface area contributed by atoms with Gasteiger partial charge in [-0.05, 0) is 32.7 Å². The Morgan fingerprint density at radius 1 is 1.56 bits per heavy atom. The molecule has 0 amide bonds. The smallest absolute Gasteiger partial charge is 0.251 e. The second kappa shape index (κ2) is 6.38. The Balaban J connectivity index is 1.94. The highest BCUT2D eigenvalue weighted by Crippen LogP contribution is 2.29. The summed E-state index contributed by atoms with van der Waals surface area (Å²) < 4.78 is 0.